The molecular weight excluding hydrogens is 396 g/mol. The fourth-order valence-corrected chi connectivity index (χ4v) is 5.77. The molecule has 1 spiro atoms. The molecule has 3 aliphatic heterocycles. The molecule has 1 amide bonds. The molecule has 1 atom stereocenters. The van der Waals surface area contributed by atoms with E-state index in [1.54, 1.807) is 0 Å². The molecule has 1 aromatic heterocycles. The van der Waals surface area contributed by atoms with Crippen LogP contribution in [0.15, 0.2) is 54.6 Å². The number of nitrogens with one attached hydrogen (secondary N) is 2. The van der Waals surface area contributed by atoms with Crippen LogP contribution in [0.4, 0.5) is 0 Å². The normalized spacial score (nSPS) is 22.9. The molecule has 6 rings (SSSR count). The number of likely N-dealkylation sites (N-methyl/N-ethyl adjacent to an activating group) is 1. The fraction of sp³-hybridized carbons (Fsp3) is 0.444. The van der Waals surface area contributed by atoms with E-state index < -0.39 is 0 Å². The second-order valence-electron chi connectivity index (χ2n) is 9.75. The Hall–Kier alpha value is -2.63. The highest BCUT2D eigenvalue weighted by molar-refractivity contribution is 5.87. The predicted octanol–water partition coefficient (Wildman–Crippen LogP) is 3.77. The largest absolute Gasteiger partial charge is 0.357 e. The highest BCUT2D eigenvalue weighted by Gasteiger charge is 2.51. The first-order valence-corrected chi connectivity index (χ1v) is 11.9. The van der Waals surface area contributed by atoms with Gasteiger partial charge in [0.15, 0.2) is 0 Å². The standard InChI is InChI=1S/C15H20N2O.C12H14N2/c1-17-9-7-15(8-10-17)13(11-16-14(15)18)12-5-3-2-4-6-12;1-14-7-6-10-9-4-2-3-5-11(9)13-12(10)8-14/h2-6,13H,7-11H2,1H3,(H,16,18);2-5,13H,6-8H2,1H3. The van der Waals surface area contributed by atoms with Gasteiger partial charge in [0, 0.05) is 42.1 Å². The third-order valence-electron chi connectivity index (χ3n) is 7.74. The van der Waals surface area contributed by atoms with Crippen LogP contribution < -0.4 is 5.32 Å². The van der Waals surface area contributed by atoms with Crippen LogP contribution in [0.25, 0.3) is 10.9 Å². The smallest absolute Gasteiger partial charge is 0.227 e. The zero-order chi connectivity index (χ0) is 22.1. The van der Waals surface area contributed by atoms with Crippen LogP contribution in [0, 0.1) is 5.41 Å². The Morgan fingerprint density at radius 3 is 2.41 bits per heavy atom. The van der Waals surface area contributed by atoms with Gasteiger partial charge in [0.25, 0.3) is 0 Å². The van der Waals surface area contributed by atoms with Gasteiger partial charge in [-0.25, -0.2) is 0 Å². The van der Waals surface area contributed by atoms with Crippen molar-refractivity contribution in [1.82, 2.24) is 20.1 Å². The SMILES string of the molecule is CN1CCC2(CC1)C(=O)NCC2c1ccccc1.CN1CCc2c([nH]c3ccccc23)C1. The maximum Gasteiger partial charge on any atom is 0.227 e. The van der Waals surface area contributed by atoms with Crippen LogP contribution in [-0.4, -0.2) is 61.0 Å². The molecule has 168 valence electrons. The first-order valence-electron chi connectivity index (χ1n) is 11.9. The molecular formula is C27H34N4O. The number of amides is 1. The van der Waals surface area contributed by atoms with Crippen LogP contribution in [-0.2, 0) is 17.8 Å². The van der Waals surface area contributed by atoms with Gasteiger partial charge in [0.1, 0.15) is 0 Å². The minimum atomic E-state index is -0.159. The first kappa shape index (κ1) is 21.2. The summed E-state index contributed by atoms with van der Waals surface area (Å²) in [4.78, 5) is 20.5. The topological polar surface area (TPSA) is 51.4 Å². The number of rotatable bonds is 1. The van der Waals surface area contributed by atoms with Crippen molar-refractivity contribution in [1.29, 1.82) is 0 Å². The number of carbonyl (C=O) groups is 1. The average molecular weight is 431 g/mol. The molecule has 0 radical (unpaired) electrons. The molecule has 2 fully saturated rings. The number of benzene rings is 2. The van der Waals surface area contributed by atoms with Crippen molar-refractivity contribution < 1.29 is 4.79 Å². The Bertz CT molecular complexity index is 1080. The second-order valence-corrected chi connectivity index (χ2v) is 9.75. The van der Waals surface area contributed by atoms with E-state index in [0.717, 1.165) is 39.0 Å². The lowest BCUT2D eigenvalue weighted by atomic mass is 9.68. The van der Waals surface area contributed by atoms with E-state index in [-0.39, 0.29) is 11.3 Å². The van der Waals surface area contributed by atoms with Crippen LogP contribution in [0.3, 0.4) is 0 Å². The Morgan fingerprint density at radius 2 is 1.62 bits per heavy atom. The van der Waals surface area contributed by atoms with Crippen LogP contribution in [0.5, 0.6) is 0 Å². The summed E-state index contributed by atoms with van der Waals surface area (Å²) in [7, 11) is 4.31. The molecule has 1 unspecified atom stereocenters. The highest BCUT2D eigenvalue weighted by Crippen LogP contribution is 2.47. The number of aromatic nitrogens is 1. The second kappa shape index (κ2) is 8.72. The van der Waals surface area contributed by atoms with E-state index in [2.05, 4.69) is 82.7 Å². The molecule has 3 aliphatic rings. The summed E-state index contributed by atoms with van der Waals surface area (Å²) in [6, 6.07) is 19.1. The lowest BCUT2D eigenvalue weighted by Gasteiger charge is -2.39. The van der Waals surface area contributed by atoms with E-state index in [1.807, 2.05) is 6.07 Å². The van der Waals surface area contributed by atoms with Crippen molar-refractivity contribution in [3.8, 4) is 0 Å². The number of para-hydroxylation sites is 1. The zero-order valence-corrected chi connectivity index (χ0v) is 19.2. The summed E-state index contributed by atoms with van der Waals surface area (Å²) in [6.45, 7) is 5.08. The van der Waals surface area contributed by atoms with Gasteiger partial charge < -0.3 is 20.1 Å². The number of aromatic amines is 1. The molecule has 5 nitrogen and oxygen atoms in total. The number of likely N-dealkylation sites (tertiary alicyclic amines) is 1. The van der Waals surface area contributed by atoms with Crippen LogP contribution in [0.1, 0.15) is 35.6 Å². The Kier molecular flexibility index (Phi) is 5.78. The molecule has 0 saturated carbocycles. The van der Waals surface area contributed by atoms with Crippen LogP contribution in [0.2, 0.25) is 0 Å². The third-order valence-corrected chi connectivity index (χ3v) is 7.74. The van der Waals surface area contributed by atoms with Gasteiger partial charge in [-0.3, -0.25) is 4.79 Å². The summed E-state index contributed by atoms with van der Waals surface area (Å²) in [5.41, 5.74) is 5.36. The predicted molar refractivity (Wildman–Crippen MR) is 130 cm³/mol. The van der Waals surface area contributed by atoms with Gasteiger partial charge >= 0.3 is 0 Å². The van der Waals surface area contributed by atoms with E-state index >= 15 is 0 Å². The van der Waals surface area contributed by atoms with Crippen molar-refractivity contribution in [2.45, 2.75) is 31.7 Å². The molecule has 32 heavy (non-hydrogen) atoms. The lowest BCUT2D eigenvalue weighted by Crippen LogP contribution is -2.44. The minimum Gasteiger partial charge on any atom is -0.357 e. The van der Waals surface area contributed by atoms with Gasteiger partial charge in [-0.05, 0) is 63.6 Å². The maximum absolute atomic E-state index is 12.3. The number of hydrogen-bond acceptors (Lipinski definition) is 3. The summed E-state index contributed by atoms with van der Waals surface area (Å²) in [5, 5.41) is 4.50. The third kappa shape index (κ3) is 3.84. The summed E-state index contributed by atoms with van der Waals surface area (Å²) in [6.07, 6.45) is 3.14. The van der Waals surface area contributed by atoms with Crippen molar-refractivity contribution in [2.75, 3.05) is 40.3 Å². The van der Waals surface area contributed by atoms with Crippen LogP contribution >= 0.6 is 0 Å². The van der Waals surface area contributed by atoms with E-state index in [4.69, 9.17) is 0 Å². The number of H-pyrrole nitrogens is 1. The van der Waals surface area contributed by atoms with Gasteiger partial charge in [-0.1, -0.05) is 48.5 Å². The number of hydrogen-bond donors (Lipinski definition) is 2. The molecule has 3 aromatic rings. The van der Waals surface area contributed by atoms with Gasteiger partial charge in [-0.15, -0.1) is 0 Å². The maximum atomic E-state index is 12.3. The van der Waals surface area contributed by atoms with E-state index in [9.17, 15) is 4.79 Å². The quantitative estimate of drug-likeness (QED) is 0.618. The van der Waals surface area contributed by atoms with Gasteiger partial charge in [0.05, 0.1) is 5.41 Å². The molecule has 0 bridgehead atoms. The number of piperidine rings is 1. The molecule has 4 heterocycles. The summed E-state index contributed by atoms with van der Waals surface area (Å²) in [5.74, 6) is 0.615. The number of fused-ring (bicyclic) bond motifs is 3. The van der Waals surface area contributed by atoms with Gasteiger partial charge in [-0.2, -0.15) is 0 Å². The Labute approximate surface area is 190 Å². The number of nitrogens with zero attached hydrogens (tertiary/aromatic N) is 2. The Balaban J connectivity index is 0.000000139. The zero-order valence-electron chi connectivity index (χ0n) is 19.2. The monoisotopic (exact) mass is 430 g/mol. The van der Waals surface area contributed by atoms with Crippen molar-refractivity contribution in [3.63, 3.8) is 0 Å². The number of carbonyl (C=O) groups excluding carboxylic acids is 1. The molecule has 5 heteroatoms. The summed E-state index contributed by atoms with van der Waals surface area (Å²) < 4.78 is 0. The molecule has 2 aromatic carbocycles. The minimum absolute atomic E-state index is 0.159. The average Bonchev–Trinajstić information content (AvgIpc) is 3.34. The van der Waals surface area contributed by atoms with Crippen molar-refractivity contribution >= 4 is 16.8 Å². The molecule has 0 aliphatic carbocycles. The van der Waals surface area contributed by atoms with Crippen molar-refractivity contribution in [2.24, 2.45) is 5.41 Å². The van der Waals surface area contributed by atoms with Gasteiger partial charge in [0.2, 0.25) is 5.91 Å². The van der Waals surface area contributed by atoms with E-state index in [0.29, 0.717) is 5.92 Å². The highest BCUT2D eigenvalue weighted by atomic mass is 16.2. The van der Waals surface area contributed by atoms with Crippen molar-refractivity contribution in [3.05, 3.63) is 71.4 Å². The fourth-order valence-electron chi connectivity index (χ4n) is 5.77. The molecule has 2 saturated heterocycles. The molecule has 2 N–H and O–H groups in total. The lowest BCUT2D eigenvalue weighted by molar-refractivity contribution is -0.130. The van der Waals surface area contributed by atoms with E-state index in [1.165, 1.54) is 40.7 Å². The summed E-state index contributed by atoms with van der Waals surface area (Å²) >= 11 is 0. The Morgan fingerprint density at radius 1 is 0.906 bits per heavy atom. The first-order chi connectivity index (χ1) is 15.6.